The van der Waals surface area contributed by atoms with Gasteiger partial charge in [0.25, 0.3) is 0 Å². The Kier molecular flexibility index (Phi) is 4.52. The Labute approximate surface area is 97.3 Å². The Hall–Kier alpha value is -1.83. The molecule has 16 heavy (non-hydrogen) atoms. The summed E-state index contributed by atoms with van der Waals surface area (Å²) < 4.78 is 0. The van der Waals surface area contributed by atoms with E-state index >= 15 is 0 Å². The molecule has 2 N–H and O–H groups in total. The molecule has 2 nitrogen and oxygen atoms in total. The molecule has 1 heterocycles. The molecule has 0 saturated heterocycles. The highest BCUT2D eigenvalue weighted by Crippen LogP contribution is 2.17. The van der Waals surface area contributed by atoms with Crippen LogP contribution in [0.5, 0.6) is 0 Å². The van der Waals surface area contributed by atoms with Gasteiger partial charge in [-0.05, 0) is 36.1 Å². The molecule has 0 saturated carbocycles. The molecule has 1 rings (SSSR count). The maximum atomic E-state index is 7.28. The molecule has 0 atom stereocenters. The summed E-state index contributed by atoms with van der Waals surface area (Å²) in [6.45, 7) is 7.83. The predicted octanol–water partition coefficient (Wildman–Crippen LogP) is 3.48. The molecule has 0 spiro atoms. The quantitative estimate of drug-likeness (QED) is 0.690. The smallest absolute Gasteiger partial charge is 0.0412 e. The molecule has 0 radical (unpaired) electrons. The van der Waals surface area contributed by atoms with Gasteiger partial charge in [-0.15, -0.1) is 0 Å². The van der Waals surface area contributed by atoms with E-state index in [0.717, 1.165) is 23.3 Å². The predicted molar refractivity (Wildman–Crippen MR) is 70.4 cm³/mol. The van der Waals surface area contributed by atoms with Crippen LogP contribution in [0.3, 0.4) is 0 Å². The van der Waals surface area contributed by atoms with Crippen molar-refractivity contribution in [2.24, 2.45) is 0 Å². The van der Waals surface area contributed by atoms with Crippen LogP contribution in [0.15, 0.2) is 59.5 Å². The minimum Gasteiger partial charge on any atom is -0.361 e. The number of dihydropyridines is 1. The fourth-order valence-corrected chi connectivity index (χ4v) is 1.58. The van der Waals surface area contributed by atoms with Crippen LogP contribution in [0.25, 0.3) is 0 Å². The average Bonchev–Trinajstić information content (AvgIpc) is 2.34. The minimum absolute atomic E-state index is 0.916. The van der Waals surface area contributed by atoms with Crippen LogP contribution < -0.4 is 5.32 Å². The molecule has 0 unspecified atom stereocenters. The average molecular weight is 214 g/mol. The van der Waals surface area contributed by atoms with Crippen LogP contribution in [0, 0.1) is 5.41 Å². The van der Waals surface area contributed by atoms with Crippen LogP contribution in [-0.2, 0) is 0 Å². The van der Waals surface area contributed by atoms with Gasteiger partial charge in [0, 0.05) is 18.1 Å². The number of hydrogen-bond acceptors (Lipinski definition) is 2. The van der Waals surface area contributed by atoms with Gasteiger partial charge < -0.3 is 10.7 Å². The number of nitrogens with one attached hydrogen (secondary N) is 2. The lowest BCUT2D eigenvalue weighted by molar-refractivity contribution is 1.01. The third kappa shape index (κ3) is 2.60. The fraction of sp³-hybridized carbons (Fsp3) is 0.214. The Balaban J connectivity index is 2.93. The largest absolute Gasteiger partial charge is 0.361 e. The van der Waals surface area contributed by atoms with Crippen molar-refractivity contribution in [3.63, 3.8) is 0 Å². The number of rotatable bonds is 4. The third-order valence-electron chi connectivity index (χ3n) is 2.59. The second-order valence-electron chi connectivity index (χ2n) is 3.46. The Morgan fingerprint density at radius 2 is 2.25 bits per heavy atom. The fourth-order valence-electron chi connectivity index (χ4n) is 1.58. The normalized spacial score (nSPS) is 18.6. The van der Waals surface area contributed by atoms with Crippen molar-refractivity contribution in [3.8, 4) is 0 Å². The lowest BCUT2D eigenvalue weighted by Crippen LogP contribution is -2.11. The number of allylic oxidation sites excluding steroid dienone is 7. The first kappa shape index (κ1) is 12.2. The van der Waals surface area contributed by atoms with E-state index in [2.05, 4.69) is 18.8 Å². The van der Waals surface area contributed by atoms with Gasteiger partial charge in [0.05, 0.1) is 0 Å². The maximum absolute atomic E-state index is 7.28. The summed E-state index contributed by atoms with van der Waals surface area (Å²) in [5.41, 5.74) is 4.23. The van der Waals surface area contributed by atoms with E-state index in [1.807, 2.05) is 37.4 Å². The lowest BCUT2D eigenvalue weighted by atomic mass is 10.0. The second kappa shape index (κ2) is 5.91. The first-order valence-electron chi connectivity index (χ1n) is 5.44. The van der Waals surface area contributed by atoms with Gasteiger partial charge in [-0.1, -0.05) is 31.7 Å². The van der Waals surface area contributed by atoms with Gasteiger partial charge in [-0.25, -0.2) is 0 Å². The first-order valence-corrected chi connectivity index (χ1v) is 5.44. The minimum atomic E-state index is 0.916. The summed E-state index contributed by atoms with van der Waals surface area (Å²) in [6, 6.07) is 0. The molecular formula is C14H18N2. The topological polar surface area (TPSA) is 35.9 Å². The van der Waals surface area contributed by atoms with Crippen molar-refractivity contribution >= 4 is 6.21 Å². The first-order chi connectivity index (χ1) is 7.76. The van der Waals surface area contributed by atoms with Gasteiger partial charge in [0.1, 0.15) is 0 Å². The maximum Gasteiger partial charge on any atom is 0.0412 e. The van der Waals surface area contributed by atoms with Crippen molar-refractivity contribution in [2.45, 2.75) is 20.3 Å². The van der Waals surface area contributed by atoms with Crippen molar-refractivity contribution < 1.29 is 0 Å². The third-order valence-corrected chi connectivity index (χ3v) is 2.59. The van der Waals surface area contributed by atoms with Crippen molar-refractivity contribution in [3.05, 3.63) is 59.5 Å². The molecule has 0 aromatic rings. The van der Waals surface area contributed by atoms with E-state index in [1.165, 1.54) is 11.8 Å². The molecule has 0 aromatic heterocycles. The van der Waals surface area contributed by atoms with Crippen molar-refractivity contribution in [1.82, 2.24) is 5.32 Å². The standard InChI is InChI=1S/C14H18N2/c1-4-11(5-2)14-8-7-13(10-16-14)12(6-3)9-15/h4,6-10,15-16H,1,5H2,2-3H3/b12-6+,14-11-,15-9?. The Morgan fingerprint density at radius 3 is 2.62 bits per heavy atom. The van der Waals surface area contributed by atoms with E-state index in [-0.39, 0.29) is 0 Å². The van der Waals surface area contributed by atoms with Crippen LogP contribution in [0.2, 0.25) is 0 Å². The van der Waals surface area contributed by atoms with Gasteiger partial charge in [0.2, 0.25) is 0 Å². The zero-order chi connectivity index (χ0) is 12.0. The van der Waals surface area contributed by atoms with Crippen LogP contribution in [0.4, 0.5) is 0 Å². The van der Waals surface area contributed by atoms with E-state index in [0.29, 0.717) is 0 Å². The van der Waals surface area contributed by atoms with Crippen LogP contribution in [-0.4, -0.2) is 6.21 Å². The zero-order valence-electron chi connectivity index (χ0n) is 9.88. The molecule has 2 heteroatoms. The summed E-state index contributed by atoms with van der Waals surface area (Å²) in [4.78, 5) is 0. The van der Waals surface area contributed by atoms with E-state index in [1.54, 1.807) is 0 Å². The molecular weight excluding hydrogens is 196 g/mol. The Bertz CT molecular complexity index is 406. The molecule has 84 valence electrons. The summed E-state index contributed by atoms with van der Waals surface area (Å²) in [5, 5.41) is 10.5. The Morgan fingerprint density at radius 1 is 1.50 bits per heavy atom. The van der Waals surface area contributed by atoms with Gasteiger partial charge in [-0.2, -0.15) is 0 Å². The molecule has 0 aromatic carbocycles. The zero-order valence-corrected chi connectivity index (χ0v) is 9.88. The van der Waals surface area contributed by atoms with Crippen LogP contribution >= 0.6 is 0 Å². The summed E-state index contributed by atoms with van der Waals surface area (Å²) in [5.74, 6) is 0. The number of hydrogen-bond donors (Lipinski definition) is 2. The molecule has 0 aliphatic carbocycles. The van der Waals surface area contributed by atoms with Crippen molar-refractivity contribution in [1.29, 1.82) is 5.41 Å². The highest BCUT2D eigenvalue weighted by atomic mass is 14.9. The second-order valence-corrected chi connectivity index (χ2v) is 3.46. The van der Waals surface area contributed by atoms with Crippen molar-refractivity contribution in [2.75, 3.05) is 0 Å². The van der Waals surface area contributed by atoms with E-state index in [4.69, 9.17) is 5.41 Å². The molecule has 1 aliphatic heterocycles. The summed E-state index contributed by atoms with van der Waals surface area (Å²) in [6.07, 6.45) is 12.1. The summed E-state index contributed by atoms with van der Waals surface area (Å²) >= 11 is 0. The molecule has 0 amide bonds. The lowest BCUT2D eigenvalue weighted by Gasteiger charge is -2.14. The van der Waals surface area contributed by atoms with Gasteiger partial charge in [-0.3, -0.25) is 0 Å². The highest BCUT2D eigenvalue weighted by Gasteiger charge is 2.05. The van der Waals surface area contributed by atoms with Crippen LogP contribution in [0.1, 0.15) is 20.3 Å². The van der Waals surface area contributed by atoms with Gasteiger partial charge >= 0.3 is 0 Å². The monoisotopic (exact) mass is 214 g/mol. The molecule has 0 bridgehead atoms. The summed E-state index contributed by atoms with van der Waals surface area (Å²) in [7, 11) is 0. The van der Waals surface area contributed by atoms with Gasteiger partial charge in [0.15, 0.2) is 0 Å². The SMILES string of the molecule is C=C/C(CC)=C1\C=CC(/C(C=N)=C/C)=CN1. The van der Waals surface area contributed by atoms with E-state index in [9.17, 15) is 0 Å². The van der Waals surface area contributed by atoms with E-state index < -0.39 is 0 Å². The highest BCUT2D eigenvalue weighted by molar-refractivity contribution is 5.83. The molecule has 0 fully saturated rings. The molecule has 1 aliphatic rings.